The molecule has 0 unspecified atom stereocenters. The van der Waals surface area contributed by atoms with Gasteiger partial charge in [0.2, 0.25) is 0 Å². The molecule has 0 radical (unpaired) electrons. The number of hydrogen-bond donors (Lipinski definition) is 6. The molecule has 6 aromatic carbocycles. The Morgan fingerprint density at radius 1 is 0.409 bits per heavy atom. The van der Waals surface area contributed by atoms with Crippen LogP contribution in [0.15, 0.2) is 84.9 Å². The van der Waals surface area contributed by atoms with Gasteiger partial charge >= 0.3 is 0 Å². The summed E-state index contributed by atoms with van der Waals surface area (Å²) in [7, 11) is 0. The standard InChI is InChI=1S/C38H34O6/c1-21-17-27-25(15-13-23-9-5-3-6-10-23)35(41)31(39)19-29(27)37(43)33(21)34-22(2)18-28-26(16-14-24-11-7-4-8-12-24)36(42)32(40)20-30(28)38(34)44/h3-12,17-20,39-44H,13-16H2,1-2H3. The number of hydrogen-bond acceptors (Lipinski definition) is 6. The number of phenols is 6. The SMILES string of the molecule is Cc1cc2c(CCc3ccccc3)c(O)c(O)cc2c(O)c1-c1c(C)cc2c(CCc3ccccc3)c(O)c(O)cc2c1O. The second-order valence-corrected chi connectivity index (χ2v) is 11.4. The summed E-state index contributed by atoms with van der Waals surface area (Å²) >= 11 is 0. The molecule has 222 valence electrons. The number of rotatable bonds is 7. The van der Waals surface area contributed by atoms with E-state index in [-0.39, 0.29) is 34.5 Å². The number of aromatic hydroxyl groups is 6. The van der Waals surface area contributed by atoms with Gasteiger partial charge in [0.05, 0.1) is 0 Å². The van der Waals surface area contributed by atoms with E-state index in [2.05, 4.69) is 0 Å². The quantitative estimate of drug-likeness (QED) is 0.105. The lowest BCUT2D eigenvalue weighted by molar-refractivity contribution is 0.400. The second-order valence-electron chi connectivity index (χ2n) is 11.4. The predicted octanol–water partition coefficient (Wildman–Crippen LogP) is 8.08. The molecule has 0 heterocycles. The first-order chi connectivity index (χ1) is 21.2. The molecule has 0 saturated heterocycles. The summed E-state index contributed by atoms with van der Waals surface area (Å²) in [5.74, 6) is -1.39. The Kier molecular flexibility index (Phi) is 7.43. The smallest absolute Gasteiger partial charge is 0.161 e. The Morgan fingerprint density at radius 2 is 0.773 bits per heavy atom. The van der Waals surface area contributed by atoms with Gasteiger partial charge in [-0.05, 0) is 84.7 Å². The normalized spacial score (nSPS) is 11.4. The summed E-state index contributed by atoms with van der Waals surface area (Å²) in [5.41, 5.74) is 5.29. The van der Waals surface area contributed by atoms with Gasteiger partial charge in [0.1, 0.15) is 11.5 Å². The Labute approximate surface area is 255 Å². The molecule has 0 fully saturated rings. The van der Waals surface area contributed by atoms with Crippen LogP contribution in [0.1, 0.15) is 33.4 Å². The lowest BCUT2D eigenvalue weighted by Gasteiger charge is -2.20. The molecule has 0 spiro atoms. The molecule has 0 amide bonds. The third kappa shape index (κ3) is 4.98. The average molecular weight is 587 g/mol. The van der Waals surface area contributed by atoms with Crippen molar-refractivity contribution in [3.8, 4) is 45.6 Å². The highest BCUT2D eigenvalue weighted by atomic mass is 16.3. The van der Waals surface area contributed by atoms with Crippen molar-refractivity contribution in [3.05, 3.63) is 118 Å². The van der Waals surface area contributed by atoms with E-state index < -0.39 is 0 Å². The van der Waals surface area contributed by atoms with Gasteiger partial charge in [-0.2, -0.15) is 0 Å². The maximum absolute atomic E-state index is 11.7. The molecular weight excluding hydrogens is 552 g/mol. The minimum atomic E-state index is -0.339. The molecule has 0 aliphatic heterocycles. The molecule has 6 heteroatoms. The van der Waals surface area contributed by atoms with Crippen molar-refractivity contribution in [2.24, 2.45) is 0 Å². The molecular formula is C38H34O6. The third-order valence-corrected chi connectivity index (χ3v) is 8.61. The van der Waals surface area contributed by atoms with Crippen LogP contribution in [-0.2, 0) is 25.7 Å². The summed E-state index contributed by atoms with van der Waals surface area (Å²) in [5, 5.41) is 68.3. The first kappa shape index (κ1) is 28.7. The topological polar surface area (TPSA) is 121 Å². The van der Waals surface area contributed by atoms with Crippen molar-refractivity contribution in [2.45, 2.75) is 39.5 Å². The molecule has 6 rings (SSSR count). The van der Waals surface area contributed by atoms with Crippen LogP contribution in [0.2, 0.25) is 0 Å². The Balaban J connectivity index is 1.50. The van der Waals surface area contributed by atoms with Crippen LogP contribution in [-0.4, -0.2) is 30.6 Å². The fourth-order valence-electron chi connectivity index (χ4n) is 6.36. The van der Waals surface area contributed by atoms with Crippen LogP contribution in [0, 0.1) is 13.8 Å². The van der Waals surface area contributed by atoms with E-state index in [1.807, 2.05) is 86.6 Å². The summed E-state index contributed by atoms with van der Waals surface area (Å²) in [6, 6.07) is 26.1. The van der Waals surface area contributed by atoms with Crippen LogP contribution < -0.4 is 0 Å². The highest BCUT2D eigenvalue weighted by molar-refractivity contribution is 6.05. The van der Waals surface area contributed by atoms with Gasteiger partial charge in [0, 0.05) is 33.0 Å². The van der Waals surface area contributed by atoms with Crippen LogP contribution in [0.3, 0.4) is 0 Å². The van der Waals surface area contributed by atoms with Crippen LogP contribution in [0.4, 0.5) is 0 Å². The number of benzene rings is 6. The van der Waals surface area contributed by atoms with Gasteiger partial charge in [-0.1, -0.05) is 72.8 Å². The van der Waals surface area contributed by atoms with E-state index in [9.17, 15) is 30.6 Å². The zero-order valence-corrected chi connectivity index (χ0v) is 24.6. The van der Waals surface area contributed by atoms with Gasteiger partial charge in [-0.25, -0.2) is 0 Å². The average Bonchev–Trinajstić information content (AvgIpc) is 3.01. The van der Waals surface area contributed by atoms with E-state index in [0.717, 1.165) is 11.1 Å². The lowest BCUT2D eigenvalue weighted by Crippen LogP contribution is -1.98. The van der Waals surface area contributed by atoms with Crippen LogP contribution in [0.5, 0.6) is 34.5 Å². The largest absolute Gasteiger partial charge is 0.507 e. The van der Waals surface area contributed by atoms with Gasteiger partial charge in [-0.3, -0.25) is 0 Å². The van der Waals surface area contributed by atoms with E-state index in [1.165, 1.54) is 12.1 Å². The second kappa shape index (κ2) is 11.4. The maximum atomic E-state index is 11.7. The number of fused-ring (bicyclic) bond motifs is 2. The van der Waals surface area contributed by atoms with Crippen LogP contribution >= 0.6 is 0 Å². The maximum Gasteiger partial charge on any atom is 0.161 e. The van der Waals surface area contributed by atoms with Gasteiger partial charge in [0.25, 0.3) is 0 Å². The third-order valence-electron chi connectivity index (χ3n) is 8.61. The first-order valence-corrected chi connectivity index (χ1v) is 14.6. The van der Waals surface area contributed by atoms with Crippen LogP contribution in [0.25, 0.3) is 32.7 Å². The van der Waals surface area contributed by atoms with E-state index in [4.69, 9.17) is 0 Å². The first-order valence-electron chi connectivity index (χ1n) is 14.6. The summed E-state index contributed by atoms with van der Waals surface area (Å²) in [6.45, 7) is 3.64. The summed E-state index contributed by atoms with van der Waals surface area (Å²) in [4.78, 5) is 0. The minimum Gasteiger partial charge on any atom is -0.507 e. The molecule has 6 aromatic rings. The van der Waals surface area contributed by atoms with Gasteiger partial charge in [0.15, 0.2) is 23.0 Å². The predicted molar refractivity (Wildman–Crippen MR) is 174 cm³/mol. The van der Waals surface area contributed by atoms with Crippen molar-refractivity contribution < 1.29 is 30.6 Å². The lowest BCUT2D eigenvalue weighted by atomic mass is 9.86. The van der Waals surface area contributed by atoms with Crippen molar-refractivity contribution >= 4 is 21.5 Å². The monoisotopic (exact) mass is 586 g/mol. The minimum absolute atomic E-state index is 0.138. The molecule has 44 heavy (non-hydrogen) atoms. The molecule has 0 saturated carbocycles. The van der Waals surface area contributed by atoms with Gasteiger partial charge in [-0.15, -0.1) is 0 Å². The molecule has 0 aliphatic rings. The summed E-state index contributed by atoms with van der Waals surface area (Å²) < 4.78 is 0. The fourth-order valence-corrected chi connectivity index (χ4v) is 6.36. The van der Waals surface area contributed by atoms with Crippen molar-refractivity contribution in [1.29, 1.82) is 0 Å². The highest BCUT2D eigenvalue weighted by Gasteiger charge is 2.25. The molecule has 0 aliphatic carbocycles. The number of phenolic OH excluding ortho intramolecular Hbond substituents is 6. The number of aryl methyl sites for hydroxylation is 6. The molecule has 0 atom stereocenters. The van der Waals surface area contributed by atoms with Crippen molar-refractivity contribution in [1.82, 2.24) is 0 Å². The Bertz CT molecular complexity index is 1880. The van der Waals surface area contributed by atoms with E-state index in [1.54, 1.807) is 0 Å². The van der Waals surface area contributed by atoms with E-state index >= 15 is 0 Å². The zero-order chi connectivity index (χ0) is 31.1. The molecule has 0 aromatic heterocycles. The molecule has 0 bridgehead atoms. The van der Waals surface area contributed by atoms with E-state index in [0.29, 0.717) is 80.6 Å². The van der Waals surface area contributed by atoms with Crippen molar-refractivity contribution in [2.75, 3.05) is 0 Å². The van der Waals surface area contributed by atoms with Crippen molar-refractivity contribution in [3.63, 3.8) is 0 Å². The van der Waals surface area contributed by atoms with Gasteiger partial charge < -0.3 is 30.6 Å². The summed E-state index contributed by atoms with van der Waals surface area (Å²) in [6.07, 6.45) is 2.13. The Hall–Kier alpha value is -5.36. The highest BCUT2D eigenvalue weighted by Crippen LogP contribution is 2.51. The zero-order valence-electron chi connectivity index (χ0n) is 24.6. The fraction of sp³-hybridized carbons (Fsp3) is 0.158. The Morgan fingerprint density at radius 3 is 1.14 bits per heavy atom. The molecule has 6 N–H and O–H groups in total. The molecule has 6 nitrogen and oxygen atoms in total.